The maximum absolute atomic E-state index is 12.1. The molecule has 0 spiro atoms. The van der Waals surface area contributed by atoms with Gasteiger partial charge in [0.25, 0.3) is 0 Å². The monoisotopic (exact) mass is 414 g/mol. The molecule has 0 aliphatic carbocycles. The standard InChI is InChI=1S/C20H22N4O2S2/c1-13-6-4-5-7-17(13)21-20-23-22-18(12-27-20)15-8-9-19-16(11-15)10-14(2)24(19)28(3,25)26/h4-9,11,14H,10,12H2,1-3H3,(H,21,23)/t14-/m1/s1. The van der Waals surface area contributed by atoms with Crippen LogP contribution < -0.4 is 9.73 Å². The van der Waals surface area contributed by atoms with Crippen LogP contribution in [0.1, 0.15) is 23.6 Å². The number of para-hydroxylation sites is 1. The van der Waals surface area contributed by atoms with Gasteiger partial charge in [0, 0.05) is 11.8 Å². The van der Waals surface area contributed by atoms with Gasteiger partial charge in [-0.15, -0.1) is 0 Å². The Balaban J connectivity index is 1.57. The Bertz CT molecular complexity index is 1090. The van der Waals surface area contributed by atoms with Crippen molar-refractivity contribution in [2.75, 3.05) is 16.3 Å². The lowest BCUT2D eigenvalue weighted by atomic mass is 10.0. The number of hydrogen-bond donors (Lipinski definition) is 1. The fraction of sp³-hybridized carbons (Fsp3) is 0.300. The predicted molar refractivity (Wildman–Crippen MR) is 117 cm³/mol. The molecule has 146 valence electrons. The number of thioether (sulfide) groups is 1. The first kappa shape index (κ1) is 19.0. The lowest BCUT2D eigenvalue weighted by Gasteiger charge is -2.22. The summed E-state index contributed by atoms with van der Waals surface area (Å²) in [5, 5.41) is 5.28. The van der Waals surface area contributed by atoms with Gasteiger partial charge in [-0.05, 0) is 55.2 Å². The van der Waals surface area contributed by atoms with Crippen molar-refractivity contribution in [1.82, 2.24) is 5.43 Å². The molecule has 2 heterocycles. The van der Waals surface area contributed by atoms with Crippen molar-refractivity contribution < 1.29 is 8.42 Å². The van der Waals surface area contributed by atoms with Gasteiger partial charge < -0.3 is 0 Å². The summed E-state index contributed by atoms with van der Waals surface area (Å²) in [6, 6.07) is 13.8. The zero-order valence-electron chi connectivity index (χ0n) is 16.0. The Morgan fingerprint density at radius 2 is 2.04 bits per heavy atom. The molecular formula is C20H22N4O2S2. The number of sulfonamides is 1. The van der Waals surface area contributed by atoms with Gasteiger partial charge in [0.05, 0.1) is 23.3 Å². The fourth-order valence-corrected chi connectivity index (χ4v) is 5.65. The van der Waals surface area contributed by atoms with Crippen LogP contribution >= 0.6 is 11.8 Å². The largest absolute Gasteiger partial charge is 0.267 e. The summed E-state index contributed by atoms with van der Waals surface area (Å²) in [4.78, 5) is 4.64. The molecule has 2 aliphatic rings. The van der Waals surface area contributed by atoms with Crippen LogP contribution in [0.3, 0.4) is 0 Å². The van der Waals surface area contributed by atoms with Crippen molar-refractivity contribution in [3.8, 4) is 0 Å². The van der Waals surface area contributed by atoms with E-state index in [1.807, 2.05) is 50.2 Å². The van der Waals surface area contributed by atoms with Crippen molar-refractivity contribution in [3.05, 3.63) is 59.2 Å². The van der Waals surface area contributed by atoms with Crippen LogP contribution in [-0.4, -0.2) is 37.3 Å². The molecule has 8 heteroatoms. The summed E-state index contributed by atoms with van der Waals surface area (Å²) in [6.07, 6.45) is 1.97. The third-order valence-corrected chi connectivity index (χ3v) is 7.04. The first-order valence-corrected chi connectivity index (χ1v) is 11.9. The first-order valence-electron chi connectivity index (χ1n) is 9.05. The Morgan fingerprint density at radius 1 is 1.25 bits per heavy atom. The molecule has 2 aromatic carbocycles. The van der Waals surface area contributed by atoms with Gasteiger partial charge >= 0.3 is 0 Å². The second-order valence-corrected chi connectivity index (χ2v) is 9.94. The Kier molecular flexibility index (Phi) is 4.93. The van der Waals surface area contributed by atoms with Crippen LogP contribution in [0.5, 0.6) is 0 Å². The molecule has 4 rings (SSSR count). The van der Waals surface area contributed by atoms with Gasteiger partial charge in [-0.3, -0.25) is 9.73 Å². The molecule has 0 bridgehead atoms. The molecule has 0 unspecified atom stereocenters. The molecule has 0 saturated heterocycles. The van der Waals surface area contributed by atoms with E-state index in [4.69, 9.17) is 0 Å². The second kappa shape index (κ2) is 7.25. The van der Waals surface area contributed by atoms with Gasteiger partial charge in [-0.2, -0.15) is 5.10 Å². The van der Waals surface area contributed by atoms with Crippen molar-refractivity contribution in [2.24, 2.45) is 10.1 Å². The minimum absolute atomic E-state index is 0.0612. The number of rotatable bonds is 3. The van der Waals surface area contributed by atoms with E-state index in [-0.39, 0.29) is 6.04 Å². The number of nitrogens with one attached hydrogen (secondary N) is 1. The number of hydrogen-bond acceptors (Lipinski definition) is 5. The Morgan fingerprint density at radius 3 is 2.71 bits per heavy atom. The lowest BCUT2D eigenvalue weighted by Crippen LogP contribution is -2.34. The van der Waals surface area contributed by atoms with E-state index in [2.05, 4.69) is 21.6 Å². The lowest BCUT2D eigenvalue weighted by molar-refractivity contribution is 0.590. The van der Waals surface area contributed by atoms with Crippen LogP contribution in [0.4, 0.5) is 11.4 Å². The number of nitrogens with zero attached hydrogens (tertiary/aromatic N) is 3. The summed E-state index contributed by atoms with van der Waals surface area (Å²) in [7, 11) is -3.27. The summed E-state index contributed by atoms with van der Waals surface area (Å²) in [5.74, 6) is 0.710. The number of fused-ring (bicyclic) bond motifs is 1. The number of amidine groups is 1. The highest BCUT2D eigenvalue weighted by atomic mass is 32.2. The van der Waals surface area contributed by atoms with E-state index in [9.17, 15) is 8.42 Å². The van der Waals surface area contributed by atoms with E-state index < -0.39 is 10.0 Å². The fourth-order valence-electron chi connectivity index (χ4n) is 3.61. The van der Waals surface area contributed by atoms with Crippen LogP contribution in [-0.2, 0) is 16.4 Å². The number of aryl methyl sites for hydroxylation is 1. The quantitative estimate of drug-likeness (QED) is 0.835. The van der Waals surface area contributed by atoms with Crippen molar-refractivity contribution in [2.45, 2.75) is 26.3 Å². The van der Waals surface area contributed by atoms with E-state index >= 15 is 0 Å². The summed E-state index contributed by atoms with van der Waals surface area (Å²) in [6.45, 7) is 3.97. The van der Waals surface area contributed by atoms with Crippen LogP contribution in [0.2, 0.25) is 0 Å². The maximum atomic E-state index is 12.1. The van der Waals surface area contributed by atoms with Crippen molar-refractivity contribution in [3.63, 3.8) is 0 Å². The highest BCUT2D eigenvalue weighted by Crippen LogP contribution is 2.35. The molecule has 0 radical (unpaired) electrons. The molecule has 1 N–H and O–H groups in total. The molecule has 0 aromatic heterocycles. The van der Waals surface area contributed by atoms with Crippen LogP contribution in [0, 0.1) is 6.92 Å². The van der Waals surface area contributed by atoms with Crippen LogP contribution in [0.25, 0.3) is 0 Å². The van der Waals surface area contributed by atoms with E-state index in [1.165, 1.54) is 10.6 Å². The number of benzene rings is 2. The average Bonchev–Trinajstić information content (AvgIpc) is 2.99. The zero-order valence-corrected chi connectivity index (χ0v) is 17.6. The molecular weight excluding hydrogens is 392 g/mol. The zero-order chi connectivity index (χ0) is 19.9. The molecule has 0 amide bonds. The van der Waals surface area contributed by atoms with E-state index in [1.54, 1.807) is 11.8 Å². The normalized spacial score (nSPS) is 20.7. The van der Waals surface area contributed by atoms with Gasteiger partial charge in [0.15, 0.2) is 5.17 Å². The summed E-state index contributed by atoms with van der Waals surface area (Å²) < 4.78 is 25.7. The van der Waals surface area contributed by atoms with Gasteiger partial charge in [-0.25, -0.2) is 13.4 Å². The minimum atomic E-state index is -3.27. The molecule has 2 aliphatic heterocycles. The number of anilines is 1. The average molecular weight is 415 g/mol. The van der Waals surface area contributed by atoms with E-state index in [0.717, 1.165) is 38.9 Å². The second-order valence-electron chi connectivity index (χ2n) is 7.12. The summed E-state index contributed by atoms with van der Waals surface area (Å²) >= 11 is 1.61. The summed E-state index contributed by atoms with van der Waals surface area (Å²) in [5.41, 5.74) is 8.86. The molecule has 2 aromatic rings. The highest BCUT2D eigenvalue weighted by Gasteiger charge is 2.32. The molecule has 0 fully saturated rings. The minimum Gasteiger partial charge on any atom is -0.267 e. The van der Waals surface area contributed by atoms with Crippen molar-refractivity contribution >= 4 is 44.0 Å². The van der Waals surface area contributed by atoms with Gasteiger partial charge in [0.2, 0.25) is 10.0 Å². The van der Waals surface area contributed by atoms with Gasteiger partial charge in [0.1, 0.15) is 0 Å². The molecule has 6 nitrogen and oxygen atoms in total. The highest BCUT2D eigenvalue weighted by molar-refractivity contribution is 8.14. The van der Waals surface area contributed by atoms with Crippen molar-refractivity contribution in [1.29, 1.82) is 0 Å². The SMILES string of the molecule is Cc1ccccc1N=C1NN=C(c2ccc3c(c2)C[C@@H](C)N3S(C)(=O)=O)CS1. The molecule has 1 atom stereocenters. The Labute approximate surface area is 169 Å². The third-order valence-electron chi connectivity index (χ3n) is 4.89. The topological polar surface area (TPSA) is 74.1 Å². The van der Waals surface area contributed by atoms with E-state index in [0.29, 0.717) is 12.2 Å². The third kappa shape index (κ3) is 3.66. The number of hydrazone groups is 1. The maximum Gasteiger partial charge on any atom is 0.232 e. The van der Waals surface area contributed by atoms with Gasteiger partial charge in [-0.1, -0.05) is 36.0 Å². The first-order chi connectivity index (χ1) is 13.3. The molecule has 28 heavy (non-hydrogen) atoms. The number of aliphatic imine (C=N–C) groups is 1. The molecule has 0 saturated carbocycles. The smallest absolute Gasteiger partial charge is 0.232 e. The Hall–Kier alpha value is -2.32. The van der Waals surface area contributed by atoms with Crippen LogP contribution in [0.15, 0.2) is 52.6 Å². The predicted octanol–water partition coefficient (Wildman–Crippen LogP) is 3.43.